The third-order valence-corrected chi connectivity index (χ3v) is 2.46. The summed E-state index contributed by atoms with van der Waals surface area (Å²) in [6.45, 7) is 1.84. The van der Waals surface area contributed by atoms with Gasteiger partial charge >= 0.3 is 5.97 Å². The summed E-state index contributed by atoms with van der Waals surface area (Å²) in [6.07, 6.45) is -1.40. The SMILES string of the molecule is Cc1ccc(C(F)F)cc1CCCC(=O)O. The Balaban J connectivity index is 2.70. The van der Waals surface area contributed by atoms with E-state index in [0.29, 0.717) is 12.8 Å². The Labute approximate surface area is 92.9 Å². The van der Waals surface area contributed by atoms with Crippen LogP contribution in [-0.4, -0.2) is 11.1 Å². The quantitative estimate of drug-likeness (QED) is 0.839. The molecule has 2 nitrogen and oxygen atoms in total. The van der Waals surface area contributed by atoms with Crippen LogP contribution in [0.15, 0.2) is 18.2 Å². The van der Waals surface area contributed by atoms with Crippen molar-refractivity contribution >= 4 is 5.97 Å². The lowest BCUT2D eigenvalue weighted by molar-refractivity contribution is -0.137. The van der Waals surface area contributed by atoms with E-state index in [1.165, 1.54) is 12.1 Å². The fourth-order valence-corrected chi connectivity index (χ4v) is 1.53. The van der Waals surface area contributed by atoms with Gasteiger partial charge in [0.15, 0.2) is 0 Å². The van der Waals surface area contributed by atoms with E-state index in [4.69, 9.17) is 5.11 Å². The van der Waals surface area contributed by atoms with Crippen molar-refractivity contribution in [1.29, 1.82) is 0 Å². The lowest BCUT2D eigenvalue weighted by Crippen LogP contribution is -1.98. The molecule has 1 aromatic rings. The zero-order valence-electron chi connectivity index (χ0n) is 9.04. The molecule has 0 bridgehead atoms. The molecule has 1 aromatic carbocycles. The van der Waals surface area contributed by atoms with Crippen LogP contribution in [0.2, 0.25) is 0 Å². The van der Waals surface area contributed by atoms with Crippen molar-refractivity contribution in [3.05, 3.63) is 34.9 Å². The Kier molecular flexibility index (Phi) is 4.40. The number of aryl methyl sites for hydroxylation is 2. The van der Waals surface area contributed by atoms with Gasteiger partial charge in [0.05, 0.1) is 0 Å². The van der Waals surface area contributed by atoms with E-state index < -0.39 is 12.4 Å². The van der Waals surface area contributed by atoms with Gasteiger partial charge in [-0.1, -0.05) is 12.1 Å². The molecule has 0 aliphatic carbocycles. The summed E-state index contributed by atoms with van der Waals surface area (Å²) in [4.78, 5) is 10.3. The fourth-order valence-electron chi connectivity index (χ4n) is 1.53. The maximum absolute atomic E-state index is 12.4. The van der Waals surface area contributed by atoms with Gasteiger partial charge in [-0.15, -0.1) is 0 Å². The van der Waals surface area contributed by atoms with Crippen molar-refractivity contribution in [3.63, 3.8) is 0 Å². The molecule has 0 fully saturated rings. The summed E-state index contributed by atoms with van der Waals surface area (Å²) < 4.78 is 24.9. The summed E-state index contributed by atoms with van der Waals surface area (Å²) in [6, 6.07) is 4.51. The maximum Gasteiger partial charge on any atom is 0.303 e. The van der Waals surface area contributed by atoms with Gasteiger partial charge in [0.2, 0.25) is 0 Å². The average molecular weight is 228 g/mol. The van der Waals surface area contributed by atoms with E-state index in [1.807, 2.05) is 6.92 Å². The van der Waals surface area contributed by atoms with E-state index in [2.05, 4.69) is 0 Å². The zero-order chi connectivity index (χ0) is 12.1. The van der Waals surface area contributed by atoms with E-state index in [1.54, 1.807) is 6.07 Å². The van der Waals surface area contributed by atoms with Gasteiger partial charge in [-0.05, 0) is 37.0 Å². The Bertz CT molecular complexity index is 375. The first kappa shape index (κ1) is 12.6. The highest BCUT2D eigenvalue weighted by atomic mass is 19.3. The van der Waals surface area contributed by atoms with E-state index in [-0.39, 0.29) is 12.0 Å². The number of alkyl halides is 2. The van der Waals surface area contributed by atoms with Gasteiger partial charge in [-0.2, -0.15) is 0 Å². The van der Waals surface area contributed by atoms with Crippen LogP contribution in [0, 0.1) is 6.92 Å². The molecule has 0 atom stereocenters. The predicted octanol–water partition coefficient (Wildman–Crippen LogP) is 3.34. The lowest BCUT2D eigenvalue weighted by Gasteiger charge is -2.07. The second-order valence-corrected chi connectivity index (χ2v) is 3.73. The number of carboxylic acid groups (broad SMARTS) is 1. The van der Waals surface area contributed by atoms with Crippen LogP contribution in [-0.2, 0) is 11.2 Å². The molecule has 0 aliphatic rings. The molecule has 0 unspecified atom stereocenters. The number of hydrogen-bond acceptors (Lipinski definition) is 1. The van der Waals surface area contributed by atoms with Crippen LogP contribution < -0.4 is 0 Å². The number of benzene rings is 1. The molecular formula is C12H14F2O2. The number of rotatable bonds is 5. The summed E-state index contributed by atoms with van der Waals surface area (Å²) >= 11 is 0. The minimum absolute atomic E-state index is 0.00377. The second-order valence-electron chi connectivity index (χ2n) is 3.73. The first-order valence-electron chi connectivity index (χ1n) is 5.10. The summed E-state index contributed by atoms with van der Waals surface area (Å²) in [5.74, 6) is -0.859. The highest BCUT2D eigenvalue weighted by molar-refractivity contribution is 5.66. The Morgan fingerprint density at radius 3 is 2.69 bits per heavy atom. The molecule has 16 heavy (non-hydrogen) atoms. The Hall–Kier alpha value is -1.45. The van der Waals surface area contributed by atoms with Gasteiger partial charge in [0.1, 0.15) is 0 Å². The monoisotopic (exact) mass is 228 g/mol. The van der Waals surface area contributed by atoms with Gasteiger partial charge < -0.3 is 5.11 Å². The molecule has 0 radical (unpaired) electrons. The highest BCUT2D eigenvalue weighted by Gasteiger charge is 2.09. The Morgan fingerprint density at radius 2 is 2.12 bits per heavy atom. The average Bonchev–Trinajstić information content (AvgIpc) is 2.20. The van der Waals surface area contributed by atoms with Crippen LogP contribution >= 0.6 is 0 Å². The smallest absolute Gasteiger partial charge is 0.303 e. The minimum atomic E-state index is -2.47. The van der Waals surface area contributed by atoms with Gasteiger partial charge in [0.25, 0.3) is 6.43 Å². The number of aliphatic carboxylic acids is 1. The van der Waals surface area contributed by atoms with Gasteiger partial charge in [-0.3, -0.25) is 4.79 Å². The maximum atomic E-state index is 12.4. The molecule has 0 heterocycles. The van der Waals surface area contributed by atoms with Crippen molar-refractivity contribution < 1.29 is 18.7 Å². The topological polar surface area (TPSA) is 37.3 Å². The zero-order valence-corrected chi connectivity index (χ0v) is 9.04. The van der Waals surface area contributed by atoms with Crippen molar-refractivity contribution in [2.24, 2.45) is 0 Å². The van der Waals surface area contributed by atoms with Crippen LogP contribution in [0.3, 0.4) is 0 Å². The first-order chi connectivity index (χ1) is 7.50. The largest absolute Gasteiger partial charge is 0.481 e. The molecule has 88 valence electrons. The van der Waals surface area contributed by atoms with E-state index >= 15 is 0 Å². The number of halogens is 2. The normalized spacial score (nSPS) is 10.8. The molecule has 0 saturated carbocycles. The van der Waals surface area contributed by atoms with E-state index in [9.17, 15) is 13.6 Å². The van der Waals surface area contributed by atoms with Crippen molar-refractivity contribution in [3.8, 4) is 0 Å². The van der Waals surface area contributed by atoms with Gasteiger partial charge in [-0.25, -0.2) is 8.78 Å². The molecule has 0 aromatic heterocycles. The summed E-state index contributed by atoms with van der Waals surface area (Å²) in [7, 11) is 0. The predicted molar refractivity (Wildman–Crippen MR) is 56.7 cm³/mol. The molecule has 1 rings (SSSR count). The van der Waals surface area contributed by atoms with Crippen molar-refractivity contribution in [2.45, 2.75) is 32.6 Å². The first-order valence-corrected chi connectivity index (χ1v) is 5.10. The van der Waals surface area contributed by atoms with Crippen molar-refractivity contribution in [2.75, 3.05) is 0 Å². The number of carbonyl (C=O) groups is 1. The molecule has 0 saturated heterocycles. The molecule has 0 spiro atoms. The molecule has 1 N–H and O–H groups in total. The van der Waals surface area contributed by atoms with Crippen molar-refractivity contribution in [1.82, 2.24) is 0 Å². The molecule has 0 aliphatic heterocycles. The number of carboxylic acids is 1. The van der Waals surface area contributed by atoms with Gasteiger partial charge in [0, 0.05) is 12.0 Å². The third-order valence-electron chi connectivity index (χ3n) is 2.46. The second kappa shape index (κ2) is 5.58. The highest BCUT2D eigenvalue weighted by Crippen LogP contribution is 2.22. The van der Waals surface area contributed by atoms with Crippen LogP contribution in [0.5, 0.6) is 0 Å². The lowest BCUT2D eigenvalue weighted by atomic mass is 10.0. The van der Waals surface area contributed by atoms with Crippen LogP contribution in [0.1, 0.15) is 36.0 Å². The van der Waals surface area contributed by atoms with E-state index in [0.717, 1.165) is 11.1 Å². The van der Waals surface area contributed by atoms with Crippen LogP contribution in [0.4, 0.5) is 8.78 Å². The fraction of sp³-hybridized carbons (Fsp3) is 0.417. The van der Waals surface area contributed by atoms with Crippen LogP contribution in [0.25, 0.3) is 0 Å². The summed E-state index contributed by atoms with van der Waals surface area (Å²) in [5.41, 5.74) is 1.73. The third kappa shape index (κ3) is 3.61. The molecular weight excluding hydrogens is 214 g/mol. The molecule has 4 heteroatoms. The molecule has 0 amide bonds. The standard InChI is InChI=1S/C12H14F2O2/c1-8-5-6-10(12(13)14)7-9(8)3-2-4-11(15)16/h5-7,12H,2-4H2,1H3,(H,15,16). The number of hydrogen-bond donors (Lipinski definition) is 1. The minimum Gasteiger partial charge on any atom is -0.481 e. The summed E-state index contributed by atoms with van der Waals surface area (Å²) in [5, 5.41) is 8.48. The Morgan fingerprint density at radius 1 is 1.44 bits per heavy atom.